The first kappa shape index (κ1) is 15.8. The van der Waals surface area contributed by atoms with E-state index in [9.17, 15) is 12.8 Å². The van der Waals surface area contributed by atoms with Gasteiger partial charge in [-0.25, -0.2) is 17.8 Å². The third-order valence-corrected chi connectivity index (χ3v) is 4.48. The van der Waals surface area contributed by atoms with Crippen LogP contribution in [0.4, 0.5) is 15.9 Å². The van der Waals surface area contributed by atoms with Gasteiger partial charge in [0, 0.05) is 13.2 Å². The van der Waals surface area contributed by atoms with Crippen LogP contribution in [0.3, 0.4) is 0 Å². The van der Waals surface area contributed by atoms with Crippen molar-refractivity contribution in [2.75, 3.05) is 17.1 Å². The summed E-state index contributed by atoms with van der Waals surface area (Å²) in [6.07, 6.45) is 1.15. The number of aromatic nitrogens is 1. The zero-order valence-electron chi connectivity index (χ0n) is 10.7. The lowest BCUT2D eigenvalue weighted by atomic mass is 10.3. The van der Waals surface area contributed by atoms with Gasteiger partial charge < -0.3 is 5.32 Å². The number of nitrogens with zero attached hydrogens (tertiary/aromatic N) is 1. The third kappa shape index (κ3) is 3.55. The monoisotopic (exact) mass is 349 g/mol. The molecule has 9 heteroatoms. The van der Waals surface area contributed by atoms with Crippen molar-refractivity contribution in [2.24, 2.45) is 0 Å². The highest BCUT2D eigenvalue weighted by Gasteiger charge is 2.17. The smallest absolute Gasteiger partial charge is 0.263 e. The summed E-state index contributed by atoms with van der Waals surface area (Å²) >= 11 is 11.4. The largest absolute Gasteiger partial charge is 0.372 e. The van der Waals surface area contributed by atoms with Crippen LogP contribution < -0.4 is 10.0 Å². The Labute approximate surface area is 131 Å². The summed E-state index contributed by atoms with van der Waals surface area (Å²) in [4.78, 5) is 3.74. The summed E-state index contributed by atoms with van der Waals surface area (Å²) in [7, 11) is -2.32. The molecule has 21 heavy (non-hydrogen) atoms. The molecule has 0 amide bonds. The number of halogens is 3. The number of nitrogens with one attached hydrogen (secondary N) is 2. The molecule has 0 saturated carbocycles. The lowest BCUT2D eigenvalue weighted by molar-refractivity contribution is 0.600. The number of hydrogen-bond donors (Lipinski definition) is 2. The standard InChI is InChI=1S/C12H10Cl2FN3O2S/c1-16-12-10(14)5-8(6-17-12)21(19,20)18-7-2-3-9(13)11(15)4-7/h2-6,18H,1H3,(H,16,17). The minimum Gasteiger partial charge on any atom is -0.372 e. The highest BCUT2D eigenvalue weighted by atomic mass is 35.5. The van der Waals surface area contributed by atoms with Crippen molar-refractivity contribution in [2.45, 2.75) is 4.90 Å². The van der Waals surface area contributed by atoms with Crippen LogP contribution in [0.5, 0.6) is 0 Å². The Hall–Kier alpha value is -1.57. The van der Waals surface area contributed by atoms with Crippen LogP contribution in [0, 0.1) is 5.82 Å². The molecule has 2 N–H and O–H groups in total. The van der Waals surface area contributed by atoms with Gasteiger partial charge in [-0.05, 0) is 24.3 Å². The molecule has 5 nitrogen and oxygen atoms in total. The first-order valence-corrected chi connectivity index (χ1v) is 7.88. The molecule has 0 unspecified atom stereocenters. The highest BCUT2D eigenvalue weighted by Crippen LogP contribution is 2.25. The maximum atomic E-state index is 13.3. The Balaban J connectivity index is 2.33. The molecule has 2 aromatic rings. The second kappa shape index (κ2) is 6.05. The first-order valence-electron chi connectivity index (χ1n) is 5.64. The fourth-order valence-corrected chi connectivity index (χ4v) is 2.99. The molecule has 1 aromatic heterocycles. The van der Waals surface area contributed by atoms with E-state index in [2.05, 4.69) is 15.0 Å². The summed E-state index contributed by atoms with van der Waals surface area (Å²) in [5, 5.41) is 2.77. The van der Waals surface area contributed by atoms with Gasteiger partial charge in [0.15, 0.2) is 0 Å². The molecule has 0 spiro atoms. The van der Waals surface area contributed by atoms with E-state index >= 15 is 0 Å². The quantitative estimate of drug-likeness (QED) is 0.887. The first-order chi connectivity index (χ1) is 9.83. The van der Waals surface area contributed by atoms with Gasteiger partial charge in [-0.2, -0.15) is 0 Å². The molecule has 0 aliphatic carbocycles. The molecule has 1 aromatic carbocycles. The average molecular weight is 350 g/mol. The fraction of sp³-hybridized carbons (Fsp3) is 0.0833. The summed E-state index contributed by atoms with van der Waals surface area (Å²) in [5.41, 5.74) is 0.0470. The van der Waals surface area contributed by atoms with E-state index in [1.165, 1.54) is 18.2 Å². The minimum absolute atomic E-state index is 0.0470. The summed E-state index contributed by atoms with van der Waals surface area (Å²) in [6, 6.07) is 4.83. The number of anilines is 2. The van der Waals surface area contributed by atoms with Crippen LogP contribution in [0.25, 0.3) is 0 Å². The van der Waals surface area contributed by atoms with E-state index in [0.717, 1.165) is 12.3 Å². The van der Waals surface area contributed by atoms with Gasteiger partial charge >= 0.3 is 0 Å². The Morgan fingerprint density at radius 1 is 1.19 bits per heavy atom. The molecule has 0 saturated heterocycles. The second-order valence-electron chi connectivity index (χ2n) is 3.99. The van der Waals surface area contributed by atoms with Gasteiger partial charge in [0.25, 0.3) is 10.0 Å². The lowest BCUT2D eigenvalue weighted by Crippen LogP contribution is -2.13. The third-order valence-electron chi connectivity index (χ3n) is 2.54. The van der Waals surface area contributed by atoms with E-state index in [1.807, 2.05) is 0 Å². The van der Waals surface area contributed by atoms with E-state index in [4.69, 9.17) is 23.2 Å². The number of benzene rings is 1. The minimum atomic E-state index is -3.92. The Bertz CT molecular complexity index is 784. The Morgan fingerprint density at radius 2 is 1.90 bits per heavy atom. The van der Waals surface area contributed by atoms with Crippen molar-refractivity contribution in [1.82, 2.24) is 4.98 Å². The number of rotatable bonds is 4. The zero-order valence-corrected chi connectivity index (χ0v) is 13.0. The van der Waals surface area contributed by atoms with Crippen molar-refractivity contribution in [3.8, 4) is 0 Å². The molecule has 0 bridgehead atoms. The van der Waals surface area contributed by atoms with E-state index in [-0.39, 0.29) is 20.6 Å². The van der Waals surface area contributed by atoms with Crippen LogP contribution in [-0.2, 0) is 10.0 Å². The fourth-order valence-electron chi connectivity index (χ4n) is 1.52. The predicted molar refractivity (Wildman–Crippen MR) is 81.0 cm³/mol. The predicted octanol–water partition coefficient (Wildman–Crippen LogP) is 3.37. The second-order valence-corrected chi connectivity index (χ2v) is 6.48. The summed E-state index contributed by atoms with van der Waals surface area (Å²) < 4.78 is 39.9. The maximum absolute atomic E-state index is 13.3. The number of pyridine rings is 1. The summed E-state index contributed by atoms with van der Waals surface area (Å²) in [5.74, 6) is -0.369. The van der Waals surface area contributed by atoms with Crippen LogP contribution in [0.2, 0.25) is 10.0 Å². The van der Waals surface area contributed by atoms with Gasteiger partial charge in [-0.15, -0.1) is 0 Å². The van der Waals surface area contributed by atoms with E-state index in [0.29, 0.717) is 5.82 Å². The normalized spacial score (nSPS) is 11.2. The molecule has 0 atom stereocenters. The van der Waals surface area contributed by atoms with Gasteiger partial charge in [0.05, 0.1) is 15.7 Å². The van der Waals surface area contributed by atoms with Crippen molar-refractivity contribution < 1.29 is 12.8 Å². The number of sulfonamides is 1. The van der Waals surface area contributed by atoms with E-state index < -0.39 is 15.8 Å². The van der Waals surface area contributed by atoms with Gasteiger partial charge in [0.2, 0.25) is 0 Å². The zero-order chi connectivity index (χ0) is 15.6. The topological polar surface area (TPSA) is 71.1 Å². The summed E-state index contributed by atoms with van der Waals surface area (Å²) in [6.45, 7) is 0. The molecule has 112 valence electrons. The average Bonchev–Trinajstić information content (AvgIpc) is 2.42. The van der Waals surface area contributed by atoms with Crippen LogP contribution >= 0.6 is 23.2 Å². The molecule has 2 rings (SSSR count). The Morgan fingerprint density at radius 3 is 2.48 bits per heavy atom. The van der Waals surface area contributed by atoms with Crippen molar-refractivity contribution >= 4 is 44.7 Å². The molecule has 0 radical (unpaired) electrons. The SMILES string of the molecule is CNc1ncc(S(=O)(=O)Nc2ccc(Cl)c(F)c2)cc1Cl. The van der Waals surface area contributed by atoms with Crippen molar-refractivity contribution in [1.29, 1.82) is 0 Å². The van der Waals surface area contributed by atoms with Gasteiger partial charge in [-0.1, -0.05) is 23.2 Å². The van der Waals surface area contributed by atoms with Crippen molar-refractivity contribution in [3.05, 3.63) is 46.3 Å². The number of hydrogen-bond acceptors (Lipinski definition) is 4. The maximum Gasteiger partial charge on any atom is 0.263 e. The lowest BCUT2D eigenvalue weighted by Gasteiger charge is -2.10. The highest BCUT2D eigenvalue weighted by molar-refractivity contribution is 7.92. The van der Waals surface area contributed by atoms with Crippen LogP contribution in [0.1, 0.15) is 0 Å². The molecule has 0 aliphatic rings. The van der Waals surface area contributed by atoms with Crippen molar-refractivity contribution in [3.63, 3.8) is 0 Å². The molecular weight excluding hydrogens is 340 g/mol. The van der Waals surface area contributed by atoms with E-state index in [1.54, 1.807) is 7.05 Å². The van der Waals surface area contributed by atoms with Crippen LogP contribution in [0.15, 0.2) is 35.4 Å². The Kier molecular flexibility index (Phi) is 4.55. The molecular formula is C12H10Cl2FN3O2S. The van der Waals surface area contributed by atoms with Gasteiger partial charge in [0.1, 0.15) is 16.5 Å². The van der Waals surface area contributed by atoms with Crippen LogP contribution in [-0.4, -0.2) is 20.4 Å². The molecule has 0 aliphatic heterocycles. The molecule has 0 fully saturated rings. The molecule has 1 heterocycles. The van der Waals surface area contributed by atoms with Gasteiger partial charge in [-0.3, -0.25) is 4.72 Å².